The third kappa shape index (κ3) is 4.21. The molecule has 6 nitrogen and oxygen atoms in total. The Labute approximate surface area is 184 Å². The molecule has 1 amide bonds. The lowest BCUT2D eigenvalue weighted by molar-refractivity contribution is -0.127. The number of rotatable bonds is 5. The third-order valence-electron chi connectivity index (χ3n) is 5.48. The second-order valence-electron chi connectivity index (χ2n) is 7.31. The van der Waals surface area contributed by atoms with E-state index >= 15 is 0 Å². The summed E-state index contributed by atoms with van der Waals surface area (Å²) in [6.07, 6.45) is 5.23. The quantitative estimate of drug-likeness (QED) is 0.546. The zero-order chi connectivity index (χ0) is 21.1. The second kappa shape index (κ2) is 8.92. The molecule has 0 aliphatic carbocycles. The second-order valence-corrected chi connectivity index (χ2v) is 8.16. The topological polar surface area (TPSA) is 67.5 Å². The Kier molecular flexibility index (Phi) is 6.08. The minimum absolute atomic E-state index is 0.0176. The molecule has 1 fully saturated rings. The number of carbonyl (C=O) groups excluding carboxylic acids is 1. The van der Waals surface area contributed by atoms with Gasteiger partial charge in [-0.2, -0.15) is 0 Å². The van der Waals surface area contributed by atoms with Crippen LogP contribution in [0.3, 0.4) is 0 Å². The molecular formula is C23H24BrN3O3. The van der Waals surface area contributed by atoms with Crippen molar-refractivity contribution in [3.05, 3.63) is 58.3 Å². The zero-order valence-corrected chi connectivity index (χ0v) is 18.6. The van der Waals surface area contributed by atoms with Crippen LogP contribution in [-0.2, 0) is 4.79 Å². The van der Waals surface area contributed by atoms with Gasteiger partial charge in [-0.25, -0.2) is 4.98 Å². The van der Waals surface area contributed by atoms with E-state index in [9.17, 15) is 4.79 Å². The van der Waals surface area contributed by atoms with E-state index in [2.05, 4.69) is 20.9 Å². The van der Waals surface area contributed by atoms with Gasteiger partial charge >= 0.3 is 0 Å². The zero-order valence-electron chi connectivity index (χ0n) is 17.0. The van der Waals surface area contributed by atoms with E-state index in [0.717, 1.165) is 52.8 Å². The summed E-state index contributed by atoms with van der Waals surface area (Å²) in [7, 11) is 3.19. The van der Waals surface area contributed by atoms with Crippen LogP contribution in [0.2, 0.25) is 0 Å². The number of imidazole rings is 1. The van der Waals surface area contributed by atoms with E-state index in [1.807, 2.05) is 41.3 Å². The summed E-state index contributed by atoms with van der Waals surface area (Å²) >= 11 is 3.48. The summed E-state index contributed by atoms with van der Waals surface area (Å²) in [6, 6.07) is 11.8. The monoisotopic (exact) mass is 469 g/mol. The predicted octanol–water partition coefficient (Wildman–Crippen LogP) is 4.76. The number of nitrogens with zero attached hydrogens (tertiary/aromatic N) is 2. The van der Waals surface area contributed by atoms with Gasteiger partial charge in [0.2, 0.25) is 5.91 Å². The van der Waals surface area contributed by atoms with E-state index in [1.54, 1.807) is 26.4 Å². The molecule has 156 valence electrons. The van der Waals surface area contributed by atoms with Gasteiger partial charge in [0.1, 0.15) is 5.82 Å². The molecule has 30 heavy (non-hydrogen) atoms. The van der Waals surface area contributed by atoms with Gasteiger partial charge in [-0.05, 0) is 64.7 Å². The number of nitrogens with one attached hydrogen (secondary N) is 1. The van der Waals surface area contributed by atoms with Crippen molar-refractivity contribution in [1.82, 2.24) is 14.9 Å². The Morgan fingerprint density at radius 1 is 1.20 bits per heavy atom. The minimum atomic E-state index is 0.0176. The van der Waals surface area contributed by atoms with Crippen LogP contribution in [-0.4, -0.2) is 48.1 Å². The smallest absolute Gasteiger partial charge is 0.246 e. The number of likely N-dealkylation sites (tertiary alicyclic amines) is 1. The molecule has 1 N–H and O–H groups in total. The Morgan fingerprint density at radius 2 is 1.97 bits per heavy atom. The lowest BCUT2D eigenvalue weighted by Gasteiger charge is -2.30. The van der Waals surface area contributed by atoms with E-state index in [1.165, 1.54) is 0 Å². The van der Waals surface area contributed by atoms with Gasteiger partial charge in [0.25, 0.3) is 0 Å². The molecule has 1 aromatic heterocycles. The lowest BCUT2D eigenvalue weighted by atomic mass is 9.96. The number of halogens is 1. The van der Waals surface area contributed by atoms with Gasteiger partial charge in [0.15, 0.2) is 11.5 Å². The standard InChI is InChI=1S/C23H24BrN3O3/c1-29-20-14-15(13-17(24)22(20)30-2)7-8-21(28)27-11-9-16(10-12-27)23-25-18-5-3-4-6-19(18)26-23/h3-8,13-14,16H,9-12H2,1-2H3,(H,25,26)/b8-7+. The molecule has 4 rings (SSSR count). The number of para-hydroxylation sites is 2. The molecule has 1 aliphatic heterocycles. The molecule has 0 spiro atoms. The first-order valence-corrected chi connectivity index (χ1v) is 10.7. The number of benzene rings is 2. The normalized spacial score (nSPS) is 15.1. The van der Waals surface area contributed by atoms with Gasteiger partial charge < -0.3 is 19.4 Å². The Hall–Kier alpha value is -2.80. The maximum Gasteiger partial charge on any atom is 0.246 e. The van der Waals surface area contributed by atoms with Crippen molar-refractivity contribution in [2.45, 2.75) is 18.8 Å². The molecule has 0 atom stereocenters. The predicted molar refractivity (Wildman–Crippen MR) is 121 cm³/mol. The number of H-pyrrole nitrogens is 1. The molecule has 0 radical (unpaired) electrons. The van der Waals surface area contributed by atoms with Crippen LogP contribution < -0.4 is 9.47 Å². The first kappa shape index (κ1) is 20.5. The summed E-state index contributed by atoms with van der Waals surface area (Å²) in [6.45, 7) is 1.45. The van der Waals surface area contributed by atoms with Crippen molar-refractivity contribution in [1.29, 1.82) is 0 Å². The van der Waals surface area contributed by atoms with Crippen LogP contribution in [0.1, 0.15) is 30.1 Å². The van der Waals surface area contributed by atoms with E-state index in [0.29, 0.717) is 17.4 Å². The summed E-state index contributed by atoms with van der Waals surface area (Å²) in [5.41, 5.74) is 2.93. The fourth-order valence-electron chi connectivity index (χ4n) is 3.85. The number of hydrogen-bond donors (Lipinski definition) is 1. The van der Waals surface area contributed by atoms with Gasteiger partial charge in [0, 0.05) is 25.1 Å². The Balaban J connectivity index is 1.39. The number of aromatic nitrogens is 2. The van der Waals surface area contributed by atoms with Gasteiger partial charge in [-0.3, -0.25) is 4.79 Å². The molecule has 0 saturated carbocycles. The highest BCUT2D eigenvalue weighted by molar-refractivity contribution is 9.10. The number of amides is 1. The van der Waals surface area contributed by atoms with Crippen molar-refractivity contribution >= 4 is 38.9 Å². The Morgan fingerprint density at radius 3 is 2.67 bits per heavy atom. The highest BCUT2D eigenvalue weighted by atomic mass is 79.9. The SMILES string of the molecule is COc1cc(/C=C/C(=O)N2CCC(c3nc4ccccc4[nH]3)CC2)cc(Br)c1OC. The summed E-state index contributed by atoms with van der Waals surface area (Å²) in [5, 5.41) is 0. The average Bonchev–Trinajstić information content (AvgIpc) is 3.21. The highest BCUT2D eigenvalue weighted by Crippen LogP contribution is 2.36. The molecule has 0 unspecified atom stereocenters. The van der Waals surface area contributed by atoms with Crippen molar-refractivity contribution in [2.75, 3.05) is 27.3 Å². The minimum Gasteiger partial charge on any atom is -0.493 e. The van der Waals surface area contributed by atoms with Gasteiger partial charge in [-0.15, -0.1) is 0 Å². The first-order valence-electron chi connectivity index (χ1n) is 9.92. The van der Waals surface area contributed by atoms with Crippen LogP contribution in [0.4, 0.5) is 0 Å². The fourth-order valence-corrected chi connectivity index (χ4v) is 4.47. The third-order valence-corrected chi connectivity index (χ3v) is 6.06. The van der Waals surface area contributed by atoms with Crippen LogP contribution in [0, 0.1) is 0 Å². The maximum atomic E-state index is 12.7. The van der Waals surface area contributed by atoms with Crippen molar-refractivity contribution in [3.63, 3.8) is 0 Å². The number of fused-ring (bicyclic) bond motifs is 1. The van der Waals surface area contributed by atoms with Crippen molar-refractivity contribution in [3.8, 4) is 11.5 Å². The number of carbonyl (C=O) groups is 1. The molecule has 1 saturated heterocycles. The highest BCUT2D eigenvalue weighted by Gasteiger charge is 2.24. The number of aromatic amines is 1. The summed E-state index contributed by atoms with van der Waals surface area (Å²) in [5.74, 6) is 2.64. The summed E-state index contributed by atoms with van der Waals surface area (Å²) in [4.78, 5) is 22.7. The first-order chi connectivity index (χ1) is 14.6. The number of piperidine rings is 1. The number of ether oxygens (including phenoxy) is 2. The molecule has 1 aliphatic rings. The van der Waals surface area contributed by atoms with Crippen molar-refractivity contribution < 1.29 is 14.3 Å². The number of methoxy groups -OCH3 is 2. The fraction of sp³-hybridized carbons (Fsp3) is 0.304. The van der Waals surface area contributed by atoms with E-state index in [-0.39, 0.29) is 5.91 Å². The molecule has 0 bridgehead atoms. The van der Waals surface area contributed by atoms with Crippen LogP contribution in [0.5, 0.6) is 11.5 Å². The average molecular weight is 470 g/mol. The van der Waals surface area contributed by atoms with E-state index in [4.69, 9.17) is 14.5 Å². The molecule has 2 heterocycles. The maximum absolute atomic E-state index is 12.7. The molecule has 3 aromatic rings. The van der Waals surface area contributed by atoms with E-state index < -0.39 is 0 Å². The Bertz CT molecular complexity index is 1050. The number of hydrogen-bond acceptors (Lipinski definition) is 4. The lowest BCUT2D eigenvalue weighted by Crippen LogP contribution is -2.37. The van der Waals surface area contributed by atoms with Gasteiger partial charge in [-0.1, -0.05) is 12.1 Å². The summed E-state index contributed by atoms with van der Waals surface area (Å²) < 4.78 is 11.5. The van der Waals surface area contributed by atoms with Crippen LogP contribution >= 0.6 is 15.9 Å². The van der Waals surface area contributed by atoms with Crippen molar-refractivity contribution in [2.24, 2.45) is 0 Å². The van der Waals surface area contributed by atoms with Crippen LogP contribution in [0.15, 0.2) is 46.9 Å². The molecule has 2 aromatic carbocycles. The largest absolute Gasteiger partial charge is 0.493 e. The van der Waals surface area contributed by atoms with Gasteiger partial charge in [0.05, 0.1) is 29.7 Å². The molecular weight excluding hydrogens is 446 g/mol. The molecule has 7 heteroatoms. The van der Waals surface area contributed by atoms with Crippen LogP contribution in [0.25, 0.3) is 17.1 Å².